The largest absolute Gasteiger partial charge is 0.399 e. The predicted octanol–water partition coefficient (Wildman–Crippen LogP) is 2.63. The zero-order valence-corrected chi connectivity index (χ0v) is 9.09. The smallest absolute Gasteiger partial charge is 0.0400 e. The molecule has 14 heavy (non-hydrogen) atoms. The Hall–Kier alpha value is -1.44. The van der Waals surface area contributed by atoms with Crippen LogP contribution in [0, 0.1) is 0 Å². The van der Waals surface area contributed by atoms with Gasteiger partial charge in [0.25, 0.3) is 0 Å². The molecule has 0 radical (unpaired) electrons. The Morgan fingerprint density at radius 1 is 1.29 bits per heavy atom. The number of benzene rings is 1. The SMILES string of the molecule is CC/C(C)=C(\NC)c1ccc(N)cc1. The molecule has 0 heterocycles. The average Bonchev–Trinajstić information content (AvgIpc) is 2.21. The molecule has 0 fully saturated rings. The van der Waals surface area contributed by atoms with Gasteiger partial charge in [-0.15, -0.1) is 0 Å². The molecule has 0 unspecified atom stereocenters. The first-order valence-electron chi connectivity index (χ1n) is 4.92. The Balaban J connectivity index is 3.08. The van der Waals surface area contributed by atoms with Crippen LogP contribution >= 0.6 is 0 Å². The van der Waals surface area contributed by atoms with Crippen molar-refractivity contribution in [3.63, 3.8) is 0 Å². The van der Waals surface area contributed by atoms with E-state index in [1.54, 1.807) is 0 Å². The molecule has 0 spiro atoms. The first kappa shape index (κ1) is 10.6. The fourth-order valence-corrected chi connectivity index (χ4v) is 1.43. The summed E-state index contributed by atoms with van der Waals surface area (Å²) in [7, 11) is 1.95. The molecule has 0 aliphatic carbocycles. The highest BCUT2D eigenvalue weighted by Crippen LogP contribution is 2.18. The topological polar surface area (TPSA) is 38.0 Å². The van der Waals surface area contributed by atoms with Crippen LogP contribution in [0.5, 0.6) is 0 Å². The number of rotatable bonds is 3. The molecule has 76 valence electrons. The molecular formula is C12H18N2. The van der Waals surface area contributed by atoms with E-state index in [0.717, 1.165) is 12.1 Å². The Kier molecular flexibility index (Phi) is 3.57. The van der Waals surface area contributed by atoms with Crippen LogP contribution < -0.4 is 11.1 Å². The fraction of sp³-hybridized carbons (Fsp3) is 0.333. The lowest BCUT2D eigenvalue weighted by molar-refractivity contribution is 1.03. The van der Waals surface area contributed by atoms with E-state index >= 15 is 0 Å². The summed E-state index contributed by atoms with van der Waals surface area (Å²) in [6.07, 6.45) is 1.06. The standard InChI is InChI=1S/C12H18N2/c1-4-9(2)12(14-3)10-5-7-11(13)8-6-10/h5-8,14H,4,13H2,1-3H3/b12-9-. The number of nitrogens with one attached hydrogen (secondary N) is 1. The van der Waals surface area contributed by atoms with Gasteiger partial charge < -0.3 is 11.1 Å². The minimum absolute atomic E-state index is 0.804. The third-order valence-electron chi connectivity index (χ3n) is 2.41. The van der Waals surface area contributed by atoms with Gasteiger partial charge in [0.05, 0.1) is 0 Å². The van der Waals surface area contributed by atoms with Crippen LogP contribution in [0.1, 0.15) is 25.8 Å². The molecule has 2 nitrogen and oxygen atoms in total. The van der Waals surface area contributed by atoms with Crippen LogP contribution in [0.2, 0.25) is 0 Å². The zero-order chi connectivity index (χ0) is 10.6. The van der Waals surface area contributed by atoms with Gasteiger partial charge in [-0.3, -0.25) is 0 Å². The van der Waals surface area contributed by atoms with Crippen LogP contribution in [0.15, 0.2) is 29.8 Å². The maximum absolute atomic E-state index is 5.64. The van der Waals surface area contributed by atoms with Crippen molar-refractivity contribution >= 4 is 11.4 Å². The van der Waals surface area contributed by atoms with Crippen LogP contribution in [0.3, 0.4) is 0 Å². The maximum atomic E-state index is 5.64. The van der Waals surface area contributed by atoms with Gasteiger partial charge in [-0.2, -0.15) is 0 Å². The summed E-state index contributed by atoms with van der Waals surface area (Å²) in [5, 5.41) is 3.23. The normalized spacial score (nSPS) is 12.2. The lowest BCUT2D eigenvalue weighted by atomic mass is 10.1. The summed E-state index contributed by atoms with van der Waals surface area (Å²) in [4.78, 5) is 0. The molecule has 0 bridgehead atoms. The highest BCUT2D eigenvalue weighted by atomic mass is 14.8. The summed E-state index contributed by atoms with van der Waals surface area (Å²) in [6, 6.07) is 7.94. The second kappa shape index (κ2) is 4.70. The number of nitrogen functional groups attached to an aromatic ring is 1. The van der Waals surface area contributed by atoms with Crippen molar-refractivity contribution in [3.8, 4) is 0 Å². The molecule has 2 heteroatoms. The average molecular weight is 190 g/mol. The number of hydrogen-bond acceptors (Lipinski definition) is 2. The quantitative estimate of drug-likeness (QED) is 0.719. The highest BCUT2D eigenvalue weighted by Gasteiger charge is 2.01. The Labute approximate surface area is 85.8 Å². The van der Waals surface area contributed by atoms with E-state index in [2.05, 4.69) is 19.2 Å². The van der Waals surface area contributed by atoms with Crippen LogP contribution in [-0.4, -0.2) is 7.05 Å². The molecule has 0 aliphatic rings. The van der Waals surface area contributed by atoms with Crippen molar-refractivity contribution in [2.75, 3.05) is 12.8 Å². The van der Waals surface area contributed by atoms with Gasteiger partial charge in [-0.25, -0.2) is 0 Å². The number of anilines is 1. The molecule has 0 atom stereocenters. The van der Waals surface area contributed by atoms with E-state index in [1.807, 2.05) is 31.3 Å². The van der Waals surface area contributed by atoms with Crippen LogP contribution in [0.4, 0.5) is 5.69 Å². The Morgan fingerprint density at radius 2 is 1.86 bits per heavy atom. The summed E-state index contributed by atoms with van der Waals surface area (Å²) in [5.41, 5.74) is 10.2. The minimum Gasteiger partial charge on any atom is -0.399 e. The summed E-state index contributed by atoms with van der Waals surface area (Å²) in [5.74, 6) is 0. The van der Waals surface area contributed by atoms with Crippen LogP contribution in [-0.2, 0) is 0 Å². The molecule has 0 amide bonds. The van der Waals surface area contributed by atoms with Crippen molar-refractivity contribution in [1.29, 1.82) is 0 Å². The fourth-order valence-electron chi connectivity index (χ4n) is 1.43. The number of hydrogen-bond donors (Lipinski definition) is 2. The van der Waals surface area contributed by atoms with Crippen LogP contribution in [0.25, 0.3) is 5.70 Å². The first-order chi connectivity index (χ1) is 6.69. The first-order valence-corrected chi connectivity index (χ1v) is 4.92. The third-order valence-corrected chi connectivity index (χ3v) is 2.41. The van der Waals surface area contributed by atoms with E-state index in [9.17, 15) is 0 Å². The number of allylic oxidation sites excluding steroid dienone is 1. The summed E-state index contributed by atoms with van der Waals surface area (Å²) < 4.78 is 0. The van der Waals surface area contributed by atoms with Gasteiger partial charge >= 0.3 is 0 Å². The second-order valence-corrected chi connectivity index (χ2v) is 3.38. The second-order valence-electron chi connectivity index (χ2n) is 3.38. The Bertz CT molecular complexity index is 323. The molecule has 0 aliphatic heterocycles. The zero-order valence-electron chi connectivity index (χ0n) is 9.09. The predicted molar refractivity (Wildman–Crippen MR) is 62.8 cm³/mol. The van der Waals surface area contributed by atoms with Gasteiger partial charge in [-0.05, 0) is 36.6 Å². The van der Waals surface area contributed by atoms with Crippen molar-refractivity contribution < 1.29 is 0 Å². The van der Waals surface area contributed by atoms with E-state index in [4.69, 9.17) is 5.73 Å². The van der Waals surface area contributed by atoms with Crippen molar-refractivity contribution in [2.45, 2.75) is 20.3 Å². The monoisotopic (exact) mass is 190 g/mol. The maximum Gasteiger partial charge on any atom is 0.0400 e. The minimum atomic E-state index is 0.804. The van der Waals surface area contributed by atoms with E-state index in [-0.39, 0.29) is 0 Å². The van der Waals surface area contributed by atoms with Crippen molar-refractivity contribution in [1.82, 2.24) is 5.32 Å². The third kappa shape index (κ3) is 2.28. The lowest BCUT2D eigenvalue weighted by Crippen LogP contribution is -2.07. The number of nitrogens with two attached hydrogens (primary N) is 1. The van der Waals surface area contributed by atoms with Gasteiger partial charge in [0.2, 0.25) is 0 Å². The van der Waals surface area contributed by atoms with Gasteiger partial charge in [0, 0.05) is 18.4 Å². The molecule has 3 N–H and O–H groups in total. The molecule has 1 aromatic carbocycles. The lowest BCUT2D eigenvalue weighted by Gasteiger charge is -2.11. The molecule has 0 saturated heterocycles. The summed E-state index contributed by atoms with van der Waals surface area (Å²) in [6.45, 7) is 4.30. The molecule has 0 saturated carbocycles. The van der Waals surface area contributed by atoms with Gasteiger partial charge in [0.15, 0.2) is 0 Å². The van der Waals surface area contributed by atoms with E-state index in [0.29, 0.717) is 0 Å². The highest BCUT2D eigenvalue weighted by molar-refractivity contribution is 5.67. The van der Waals surface area contributed by atoms with Crippen molar-refractivity contribution in [2.24, 2.45) is 0 Å². The molecular weight excluding hydrogens is 172 g/mol. The Morgan fingerprint density at radius 3 is 2.29 bits per heavy atom. The van der Waals surface area contributed by atoms with Gasteiger partial charge in [-0.1, -0.05) is 19.1 Å². The van der Waals surface area contributed by atoms with Gasteiger partial charge in [0.1, 0.15) is 0 Å². The van der Waals surface area contributed by atoms with E-state index < -0.39 is 0 Å². The molecule has 0 aromatic heterocycles. The van der Waals surface area contributed by atoms with Crippen molar-refractivity contribution in [3.05, 3.63) is 35.4 Å². The molecule has 1 rings (SSSR count). The summed E-state index contributed by atoms with van der Waals surface area (Å²) >= 11 is 0. The van der Waals surface area contributed by atoms with E-state index in [1.165, 1.54) is 16.8 Å². The molecule has 1 aromatic rings.